The van der Waals surface area contributed by atoms with E-state index < -0.39 is 28.9 Å². The number of hydrogen-bond donors (Lipinski definition) is 0. The zero-order valence-electron chi connectivity index (χ0n) is 70.9. The van der Waals surface area contributed by atoms with Gasteiger partial charge in [0.05, 0.1) is 34.9 Å². The molecule has 3 nitrogen and oxygen atoms in total. The average molecular weight is 1520 g/mol. The average Bonchev–Trinajstić information content (AvgIpc) is 1.32. The Balaban J connectivity index is 0.978. The van der Waals surface area contributed by atoms with Crippen molar-refractivity contribution in [3.05, 3.63) is 436 Å². The molecule has 2 aliphatic rings. The van der Waals surface area contributed by atoms with Crippen molar-refractivity contribution in [2.24, 2.45) is 0 Å². The van der Waals surface area contributed by atoms with E-state index in [4.69, 9.17) is 4.11 Å². The van der Waals surface area contributed by atoms with Crippen LogP contribution in [0.3, 0.4) is 0 Å². The second-order valence-corrected chi connectivity index (χ2v) is 40.7. The normalized spacial score (nSPS) is 13.3. The Morgan fingerprint density at radius 3 is 1.09 bits per heavy atom. The van der Waals surface area contributed by atoms with Gasteiger partial charge in [-0.25, -0.2) is 0 Å². The topological polar surface area (TPSA) is 11.4 Å². The lowest BCUT2D eigenvalue weighted by Gasteiger charge is -2.46. The van der Waals surface area contributed by atoms with Crippen LogP contribution in [0.4, 0.5) is 34.1 Å². The van der Waals surface area contributed by atoms with Gasteiger partial charge in [0.2, 0.25) is 0 Å². The lowest BCUT2D eigenvalue weighted by Crippen LogP contribution is -2.75. The van der Waals surface area contributed by atoms with E-state index in [0.717, 1.165) is 121 Å². The van der Waals surface area contributed by atoms with Crippen LogP contribution in [0.2, 0.25) is 0 Å². The zero-order valence-corrected chi connectivity index (χ0v) is 67.9. The first kappa shape index (κ1) is 66.1. The van der Waals surface area contributed by atoms with Gasteiger partial charge in [-0.3, -0.25) is 0 Å². The standard InChI is InChI=1S/C110H88BN3Si2/c1-109(2,3)83-61-65-96-97-66-62-84(110(4,5)6)72-104(97)112(103(96)71-83)85-73-106-108-107(74-85)114(101-60-34-32-58-95(101)80-43-21-10-22-44-80)105-76-93(116(88-51-27-13-28-52-88,89-53-29-14-30-54-89)91-56-36-46-82(70-91)78-39-17-8-18-40-78)63-67-98(105)111(108)99-75-92(64-68-102(99)113(106)100-59-33-31-57-94(100)79-41-19-9-20-42-79)115(86-47-23-11-24-48-86,87-49-25-12-26-50-87)90-55-35-45-81(69-90)77-37-15-7-16-38-77/h7-76H,1-6H3/i8D,17D,18D,39D,40D. The summed E-state index contributed by atoms with van der Waals surface area (Å²) in [7, 11) is -7.14. The number of anilines is 6. The minimum Gasteiger partial charge on any atom is -0.311 e. The molecule has 0 saturated carbocycles. The van der Waals surface area contributed by atoms with Gasteiger partial charge in [0.15, 0.2) is 16.1 Å². The Kier molecular flexibility index (Phi) is 16.5. The largest absolute Gasteiger partial charge is 0.311 e. The Morgan fingerprint density at radius 2 is 0.629 bits per heavy atom. The zero-order chi connectivity index (χ0) is 82.6. The van der Waals surface area contributed by atoms with Crippen molar-refractivity contribution in [3.63, 3.8) is 0 Å². The quantitative estimate of drug-likeness (QED) is 0.0749. The summed E-state index contributed by atoms with van der Waals surface area (Å²) < 4.78 is 48.5. The van der Waals surface area contributed by atoms with Crippen molar-refractivity contribution in [2.75, 3.05) is 9.80 Å². The second-order valence-electron chi connectivity index (χ2n) is 33.1. The van der Waals surface area contributed by atoms with Crippen LogP contribution in [-0.2, 0) is 10.8 Å². The molecule has 0 aliphatic carbocycles. The third-order valence-corrected chi connectivity index (χ3v) is 34.0. The molecule has 6 heteroatoms. The van der Waals surface area contributed by atoms with Gasteiger partial charge in [-0.15, -0.1) is 0 Å². The molecular formula is C110H88BN3Si2. The maximum Gasteiger partial charge on any atom is 0.252 e. The summed E-state index contributed by atoms with van der Waals surface area (Å²) in [6.07, 6.45) is 0. The van der Waals surface area contributed by atoms with Crippen LogP contribution < -0.4 is 67.7 Å². The van der Waals surface area contributed by atoms with Gasteiger partial charge in [-0.05, 0) is 162 Å². The molecule has 0 unspecified atom stereocenters. The summed E-state index contributed by atoms with van der Waals surface area (Å²) in [6.45, 7) is 13.5. The first-order valence-corrected chi connectivity index (χ1v) is 44.4. The van der Waals surface area contributed by atoms with Crippen LogP contribution in [0.5, 0.6) is 0 Å². The van der Waals surface area contributed by atoms with E-state index >= 15 is 0 Å². The fraction of sp³-hybridized carbons (Fsp3) is 0.0727. The van der Waals surface area contributed by atoms with Gasteiger partial charge in [0.25, 0.3) is 6.71 Å². The minimum absolute atomic E-state index is 0.160. The first-order valence-electron chi connectivity index (χ1n) is 42.9. The molecule has 0 bridgehead atoms. The van der Waals surface area contributed by atoms with Gasteiger partial charge < -0.3 is 14.4 Å². The molecule has 20 rings (SSSR count). The number of nitrogens with zero attached hydrogens (tertiary/aromatic N) is 3. The maximum atomic E-state index is 9.52. The summed E-state index contributed by atoms with van der Waals surface area (Å²) in [4.78, 5) is 5.26. The number of para-hydroxylation sites is 2. The van der Waals surface area contributed by atoms with Gasteiger partial charge in [-0.2, -0.15) is 0 Å². The van der Waals surface area contributed by atoms with Crippen molar-refractivity contribution in [2.45, 2.75) is 52.4 Å². The van der Waals surface area contributed by atoms with Crippen molar-refractivity contribution < 1.29 is 6.85 Å². The third kappa shape index (κ3) is 12.0. The Labute approximate surface area is 691 Å². The number of aromatic nitrogens is 1. The molecule has 18 aromatic rings. The van der Waals surface area contributed by atoms with E-state index in [1.807, 2.05) is 12.1 Å². The highest BCUT2D eigenvalue weighted by Gasteiger charge is 2.50. The van der Waals surface area contributed by atoms with Crippen LogP contribution in [-0.4, -0.2) is 27.4 Å². The highest BCUT2D eigenvalue weighted by Crippen LogP contribution is 2.50. The lowest BCUT2D eigenvalue weighted by molar-refractivity contribution is 0.591. The Morgan fingerprint density at radius 1 is 0.259 bits per heavy atom. The van der Waals surface area contributed by atoms with Crippen LogP contribution in [0, 0.1) is 0 Å². The SMILES string of the molecule is [2H]c1c([2H])c([2H])c(-c2cccc([Si](c3ccccc3)(c3ccccc3)c3ccc4c(c3)N(c3ccccc3-c3ccccc3)c3cc(-n5c6cc(C(C)(C)C)ccc6c6ccc(C(C)(C)C)cc65)cc5c3B4c3cc([Si](c4ccccc4)(c4ccccc4)c4cccc(-c6ccccc6)c4)ccc3N5c3ccccc3-c3ccccc3)c2)c([2H])c1[2H]. The summed E-state index contributed by atoms with van der Waals surface area (Å²) in [5, 5.41) is 11.7. The molecule has 3 heterocycles. The van der Waals surface area contributed by atoms with Gasteiger partial charge in [-0.1, -0.05) is 418 Å². The molecule has 17 aromatic carbocycles. The van der Waals surface area contributed by atoms with E-state index in [9.17, 15) is 2.74 Å². The molecule has 0 spiro atoms. The van der Waals surface area contributed by atoms with Gasteiger partial charge in [0.1, 0.15) is 0 Å². The van der Waals surface area contributed by atoms with Gasteiger partial charge in [0, 0.05) is 44.6 Å². The fourth-order valence-electron chi connectivity index (χ4n) is 19.0. The van der Waals surface area contributed by atoms with Crippen molar-refractivity contribution in [1.29, 1.82) is 0 Å². The van der Waals surface area contributed by atoms with Crippen molar-refractivity contribution in [3.8, 4) is 50.2 Å². The molecular weight excluding hydrogens is 1430 g/mol. The van der Waals surface area contributed by atoms with E-state index in [0.29, 0.717) is 5.56 Å². The van der Waals surface area contributed by atoms with Crippen molar-refractivity contribution >= 4 is 137 Å². The predicted octanol–water partition coefficient (Wildman–Crippen LogP) is 20.9. The minimum atomic E-state index is -3.71. The second kappa shape index (κ2) is 28.9. The summed E-state index contributed by atoms with van der Waals surface area (Å²) in [6, 6.07) is 146. The predicted molar refractivity (Wildman–Crippen MR) is 501 cm³/mol. The third-order valence-electron chi connectivity index (χ3n) is 24.5. The van der Waals surface area contributed by atoms with E-state index in [2.05, 4.69) is 438 Å². The number of fused-ring (bicyclic) bond motifs is 7. The Bertz CT molecular complexity index is 6880. The molecule has 554 valence electrons. The van der Waals surface area contributed by atoms with Crippen LogP contribution in [0.25, 0.3) is 72.0 Å². The smallest absolute Gasteiger partial charge is 0.252 e. The maximum absolute atomic E-state index is 9.52. The molecule has 0 atom stereocenters. The summed E-state index contributed by atoms with van der Waals surface area (Å²) >= 11 is 0. The molecule has 1 aromatic heterocycles. The molecule has 0 radical (unpaired) electrons. The highest BCUT2D eigenvalue weighted by atomic mass is 28.3. The van der Waals surface area contributed by atoms with Crippen LogP contribution in [0.1, 0.15) is 59.5 Å². The van der Waals surface area contributed by atoms with E-state index in [-0.39, 0.29) is 40.6 Å². The number of benzene rings is 17. The summed E-state index contributed by atoms with van der Waals surface area (Å²) in [5.74, 6) is 0. The monoisotopic (exact) mass is 1520 g/mol. The fourth-order valence-corrected chi connectivity index (χ4v) is 28.6. The first-order chi connectivity index (χ1) is 58.9. The molecule has 0 fully saturated rings. The molecule has 0 saturated heterocycles. The number of rotatable bonds is 15. The van der Waals surface area contributed by atoms with Crippen LogP contribution >= 0.6 is 0 Å². The van der Waals surface area contributed by atoms with Gasteiger partial charge >= 0.3 is 0 Å². The molecule has 2 aliphatic heterocycles. The molecule has 116 heavy (non-hydrogen) atoms. The van der Waals surface area contributed by atoms with Crippen molar-refractivity contribution in [1.82, 2.24) is 4.57 Å². The van der Waals surface area contributed by atoms with E-state index in [1.54, 1.807) is 0 Å². The molecule has 0 N–H and O–H groups in total. The lowest BCUT2D eigenvalue weighted by atomic mass is 9.33. The summed E-state index contributed by atoms with van der Waals surface area (Å²) in [5.41, 5.74) is 22.4. The van der Waals surface area contributed by atoms with Crippen LogP contribution in [0.15, 0.2) is 425 Å². The Hall–Kier alpha value is -13.4. The molecule has 0 amide bonds. The number of hydrogen-bond acceptors (Lipinski definition) is 2. The highest BCUT2D eigenvalue weighted by molar-refractivity contribution is 7.21. The van der Waals surface area contributed by atoms with E-state index in [1.165, 1.54) is 42.6 Å².